The van der Waals surface area contributed by atoms with Crippen LogP contribution in [0.4, 0.5) is 24.8 Å². The second-order valence-corrected chi connectivity index (χ2v) is 17.1. The van der Waals surface area contributed by atoms with E-state index in [0.29, 0.717) is 68.9 Å². The standard InChI is InChI=1S/C52H47F3N8O6/c1-28-11-9-13-34(25-28)48(64)57-45-43(40-29(2)60-62(4)46(40)58-50(45)66)33-19-22-38(39(27-33)68-5)69-24-23-31-12-10-14-35(26-31)49(65)56-44-42(32-17-20-36(21-18-32)52(53,54)55)41-30(3)61-63(47(41)59-51(44)67)37-15-7-6-8-16-37/h6-22,25-27,42-45H,23-24H2,1-5H3,(H,56,65)(H,57,64)(H,58,66)(H,59,67)/t42-,43-,44-,45-/m1/s1. The summed E-state index contributed by atoms with van der Waals surface area (Å²) >= 11 is 0. The number of carbonyl (C=O) groups excluding carboxylic acids is 4. The molecule has 2 aliphatic rings. The first-order valence-corrected chi connectivity index (χ1v) is 22.1. The lowest BCUT2D eigenvalue weighted by Gasteiger charge is -2.33. The number of nitrogens with one attached hydrogen (secondary N) is 4. The quantitative estimate of drug-likeness (QED) is 0.0957. The van der Waals surface area contributed by atoms with Gasteiger partial charge in [0.2, 0.25) is 11.8 Å². The molecule has 14 nitrogen and oxygen atoms in total. The number of anilines is 2. The minimum atomic E-state index is -4.57. The number of aromatic nitrogens is 4. The largest absolute Gasteiger partial charge is 0.493 e. The third-order valence-corrected chi connectivity index (χ3v) is 12.5. The smallest absolute Gasteiger partial charge is 0.416 e. The molecule has 0 fully saturated rings. The van der Waals surface area contributed by atoms with E-state index in [0.717, 1.165) is 28.8 Å². The maximum absolute atomic E-state index is 14.1. The Bertz CT molecular complexity index is 3130. The van der Waals surface area contributed by atoms with Gasteiger partial charge in [-0.15, -0.1) is 0 Å². The maximum atomic E-state index is 14.1. The van der Waals surface area contributed by atoms with Gasteiger partial charge in [-0.25, -0.2) is 4.68 Å². The van der Waals surface area contributed by atoms with Crippen molar-refractivity contribution in [1.82, 2.24) is 30.2 Å². The van der Waals surface area contributed by atoms with Gasteiger partial charge in [-0.3, -0.25) is 23.9 Å². The van der Waals surface area contributed by atoms with Crippen LogP contribution in [0, 0.1) is 20.8 Å². The molecule has 69 heavy (non-hydrogen) atoms. The van der Waals surface area contributed by atoms with E-state index >= 15 is 0 Å². The summed E-state index contributed by atoms with van der Waals surface area (Å²) in [6.07, 6.45) is -4.21. The Morgan fingerprint density at radius 3 is 1.93 bits per heavy atom. The topological polar surface area (TPSA) is 170 Å². The Hall–Kier alpha value is -8.21. The first-order chi connectivity index (χ1) is 33.1. The van der Waals surface area contributed by atoms with Crippen LogP contribution in [-0.2, 0) is 29.2 Å². The molecule has 0 radical (unpaired) electrons. The van der Waals surface area contributed by atoms with Crippen molar-refractivity contribution in [1.29, 1.82) is 0 Å². The number of rotatable bonds is 12. The number of hydrogen-bond donors (Lipinski definition) is 4. The summed E-state index contributed by atoms with van der Waals surface area (Å²) in [6.45, 7) is 5.65. The normalized spacial score (nSPS) is 17.5. The summed E-state index contributed by atoms with van der Waals surface area (Å²) in [5.41, 5.74) is 5.73. The molecule has 352 valence electrons. The lowest BCUT2D eigenvalue weighted by atomic mass is 9.81. The maximum Gasteiger partial charge on any atom is 0.416 e. The molecule has 0 saturated carbocycles. The summed E-state index contributed by atoms with van der Waals surface area (Å²) < 4.78 is 56.2. The van der Waals surface area contributed by atoms with Gasteiger partial charge < -0.3 is 30.7 Å². The summed E-state index contributed by atoms with van der Waals surface area (Å²) in [5.74, 6) is -1.74. The molecule has 4 amide bonds. The molecule has 4 atom stereocenters. The fourth-order valence-corrected chi connectivity index (χ4v) is 9.28. The van der Waals surface area contributed by atoms with Crippen LogP contribution in [0.3, 0.4) is 0 Å². The number of methoxy groups -OCH3 is 1. The fraction of sp³-hybridized carbons (Fsp3) is 0.231. The molecular formula is C52H47F3N8O6. The van der Waals surface area contributed by atoms with Gasteiger partial charge in [-0.1, -0.05) is 66.2 Å². The molecule has 2 aromatic heterocycles. The molecule has 0 unspecified atom stereocenters. The highest BCUT2D eigenvalue weighted by Crippen LogP contribution is 2.43. The highest BCUT2D eigenvalue weighted by Gasteiger charge is 2.44. The minimum absolute atomic E-state index is 0.169. The van der Waals surface area contributed by atoms with Crippen LogP contribution in [-0.4, -0.2) is 69.0 Å². The predicted molar refractivity (Wildman–Crippen MR) is 251 cm³/mol. The second-order valence-electron chi connectivity index (χ2n) is 17.1. The highest BCUT2D eigenvalue weighted by molar-refractivity contribution is 6.05. The summed E-state index contributed by atoms with van der Waals surface area (Å²) in [4.78, 5) is 55.4. The number of hydrogen-bond acceptors (Lipinski definition) is 8. The SMILES string of the molecule is COc1cc([C@@H]2c3c(C)nn(C)c3NC(=O)[C@@H]2NC(=O)c2cccc(C)c2)ccc1OCCc1cccc(C(=O)N[C@H]2C(=O)Nc3c(c(C)nn3-c3ccccc3)[C@H]2c2ccc(C(F)(F)F)cc2)c1. The minimum Gasteiger partial charge on any atom is -0.493 e. The zero-order valence-corrected chi connectivity index (χ0v) is 38.1. The van der Waals surface area contributed by atoms with Crippen molar-refractivity contribution in [2.45, 2.75) is 57.3 Å². The average Bonchev–Trinajstić information content (AvgIpc) is 3.81. The van der Waals surface area contributed by atoms with E-state index in [1.54, 1.807) is 71.9 Å². The third kappa shape index (κ3) is 9.02. The number of para-hydroxylation sites is 1. The van der Waals surface area contributed by atoms with Crippen molar-refractivity contribution < 1.29 is 41.8 Å². The van der Waals surface area contributed by atoms with Crippen LogP contribution >= 0.6 is 0 Å². The van der Waals surface area contributed by atoms with Crippen molar-refractivity contribution >= 4 is 35.3 Å². The van der Waals surface area contributed by atoms with Crippen molar-refractivity contribution in [2.24, 2.45) is 7.05 Å². The Kier molecular flexibility index (Phi) is 12.3. The number of carbonyl (C=O) groups is 4. The van der Waals surface area contributed by atoms with Gasteiger partial charge in [0.1, 0.15) is 23.7 Å². The molecule has 4 heterocycles. The number of benzene rings is 5. The number of alkyl halides is 3. The molecule has 5 aromatic carbocycles. The van der Waals surface area contributed by atoms with Gasteiger partial charge in [0.25, 0.3) is 11.8 Å². The number of fused-ring (bicyclic) bond motifs is 2. The first kappa shape index (κ1) is 45.9. The molecule has 2 aliphatic heterocycles. The molecule has 17 heteroatoms. The Balaban J connectivity index is 0.930. The van der Waals surface area contributed by atoms with Crippen LogP contribution in [0.1, 0.15) is 82.9 Å². The lowest BCUT2D eigenvalue weighted by Crippen LogP contribution is -2.50. The van der Waals surface area contributed by atoms with Gasteiger partial charge in [-0.2, -0.15) is 23.4 Å². The van der Waals surface area contributed by atoms with Gasteiger partial charge >= 0.3 is 6.18 Å². The number of amides is 4. The lowest BCUT2D eigenvalue weighted by molar-refractivity contribution is -0.137. The molecule has 0 saturated heterocycles. The van der Waals surface area contributed by atoms with E-state index in [9.17, 15) is 32.3 Å². The molecule has 7 aromatic rings. The molecular weight excluding hydrogens is 890 g/mol. The summed E-state index contributed by atoms with van der Waals surface area (Å²) in [7, 11) is 3.25. The Morgan fingerprint density at radius 1 is 0.681 bits per heavy atom. The predicted octanol–water partition coefficient (Wildman–Crippen LogP) is 7.95. The zero-order valence-electron chi connectivity index (χ0n) is 38.1. The molecule has 0 bridgehead atoms. The van der Waals surface area contributed by atoms with Crippen molar-refractivity contribution in [3.8, 4) is 17.2 Å². The molecule has 4 N–H and O–H groups in total. The zero-order chi connectivity index (χ0) is 48.7. The van der Waals surface area contributed by atoms with Crippen LogP contribution < -0.4 is 30.7 Å². The fourth-order valence-electron chi connectivity index (χ4n) is 9.28. The van der Waals surface area contributed by atoms with Crippen LogP contribution in [0.25, 0.3) is 5.69 Å². The third-order valence-electron chi connectivity index (χ3n) is 12.5. The van der Waals surface area contributed by atoms with E-state index < -0.39 is 59.3 Å². The molecule has 0 spiro atoms. The van der Waals surface area contributed by atoms with E-state index in [-0.39, 0.29) is 12.2 Å². The van der Waals surface area contributed by atoms with Crippen LogP contribution in [0.15, 0.2) is 121 Å². The number of aryl methyl sites for hydroxylation is 4. The van der Waals surface area contributed by atoms with Gasteiger partial charge in [0.15, 0.2) is 11.5 Å². The highest BCUT2D eigenvalue weighted by atomic mass is 19.4. The first-order valence-electron chi connectivity index (χ1n) is 22.1. The summed E-state index contributed by atoms with van der Waals surface area (Å²) in [6, 6.07) is 30.8. The number of nitrogens with zero attached hydrogens (tertiary/aromatic N) is 4. The molecule has 9 rings (SSSR count). The Labute approximate surface area is 394 Å². The van der Waals surface area contributed by atoms with Crippen molar-refractivity contribution in [3.63, 3.8) is 0 Å². The monoisotopic (exact) mass is 936 g/mol. The summed E-state index contributed by atoms with van der Waals surface area (Å²) in [5, 5.41) is 20.9. The Morgan fingerprint density at radius 2 is 1.28 bits per heavy atom. The molecule has 0 aliphatic carbocycles. The van der Waals surface area contributed by atoms with Crippen LogP contribution in [0.5, 0.6) is 11.5 Å². The van der Waals surface area contributed by atoms with E-state index in [1.807, 2.05) is 62.4 Å². The van der Waals surface area contributed by atoms with E-state index in [4.69, 9.17) is 14.6 Å². The van der Waals surface area contributed by atoms with Crippen molar-refractivity contribution in [2.75, 3.05) is 24.4 Å². The number of ether oxygens (including phenoxy) is 2. The van der Waals surface area contributed by atoms with Gasteiger partial charge in [0, 0.05) is 47.6 Å². The van der Waals surface area contributed by atoms with Gasteiger partial charge in [-0.05, 0) is 98.1 Å². The number of halogens is 3. The second kappa shape index (κ2) is 18.5. The van der Waals surface area contributed by atoms with E-state index in [1.165, 1.54) is 19.2 Å². The van der Waals surface area contributed by atoms with Gasteiger partial charge in [0.05, 0.1) is 36.4 Å². The average molecular weight is 937 g/mol. The van der Waals surface area contributed by atoms with Crippen molar-refractivity contribution in [3.05, 3.63) is 183 Å². The van der Waals surface area contributed by atoms with E-state index in [2.05, 4.69) is 26.4 Å². The van der Waals surface area contributed by atoms with Crippen LogP contribution in [0.2, 0.25) is 0 Å².